The molecule has 2 rings (SSSR count). The quantitative estimate of drug-likeness (QED) is 0.658. The maximum absolute atomic E-state index is 12.2. The molecule has 0 aliphatic rings. The Bertz CT molecular complexity index is 589. The summed E-state index contributed by atoms with van der Waals surface area (Å²) in [4.78, 5) is 15.3. The van der Waals surface area contributed by atoms with E-state index in [1.165, 1.54) is 0 Å². The van der Waals surface area contributed by atoms with Crippen molar-refractivity contribution in [3.05, 3.63) is 29.5 Å². The van der Waals surface area contributed by atoms with Crippen molar-refractivity contribution in [3.63, 3.8) is 0 Å². The third kappa shape index (κ3) is 2.17. The highest BCUT2D eigenvalue weighted by Crippen LogP contribution is 2.25. The number of phenolic OH excluding ortho intramolecular Hbond substituents is 1. The van der Waals surface area contributed by atoms with Gasteiger partial charge in [-0.15, -0.1) is 0 Å². The molecule has 0 spiro atoms. The smallest absolute Gasteiger partial charge is 0.253 e. The van der Waals surface area contributed by atoms with E-state index in [1.807, 2.05) is 13.8 Å². The van der Waals surface area contributed by atoms with Crippen molar-refractivity contribution in [1.82, 2.24) is 10.3 Å². The molecular formula is C13H17N3O2. The van der Waals surface area contributed by atoms with Gasteiger partial charge in [0.2, 0.25) is 0 Å². The van der Waals surface area contributed by atoms with Crippen molar-refractivity contribution in [1.29, 1.82) is 0 Å². The van der Waals surface area contributed by atoms with E-state index in [9.17, 15) is 9.90 Å². The first-order chi connectivity index (χ1) is 8.52. The summed E-state index contributed by atoms with van der Waals surface area (Å²) in [5.74, 6) is -0.0373. The highest BCUT2D eigenvalue weighted by molar-refractivity contribution is 6.08. The number of aromatic amines is 1. The molecule has 5 nitrogen and oxygen atoms in total. The van der Waals surface area contributed by atoms with E-state index in [1.54, 1.807) is 18.2 Å². The maximum atomic E-state index is 12.2. The van der Waals surface area contributed by atoms with Crippen molar-refractivity contribution in [2.45, 2.75) is 19.9 Å². The van der Waals surface area contributed by atoms with E-state index in [4.69, 9.17) is 5.73 Å². The van der Waals surface area contributed by atoms with Crippen molar-refractivity contribution in [2.75, 3.05) is 6.54 Å². The second-order valence-electron chi connectivity index (χ2n) is 4.47. The Hall–Kier alpha value is -2.01. The van der Waals surface area contributed by atoms with Gasteiger partial charge in [0.25, 0.3) is 5.91 Å². The van der Waals surface area contributed by atoms with Crippen LogP contribution in [0, 0.1) is 6.92 Å². The van der Waals surface area contributed by atoms with Crippen molar-refractivity contribution in [3.8, 4) is 5.75 Å². The molecule has 0 aliphatic heterocycles. The zero-order chi connectivity index (χ0) is 13.3. The first kappa shape index (κ1) is 12.4. The van der Waals surface area contributed by atoms with Crippen LogP contribution in [0.5, 0.6) is 5.75 Å². The van der Waals surface area contributed by atoms with Gasteiger partial charge in [0.15, 0.2) is 0 Å². The molecule has 0 saturated heterocycles. The standard InChI is InChI=1S/C13H17N3O2/c1-7(6-14)15-13(18)12-8(2)16-11-4-3-9(17)5-10(11)12/h3-5,7,16-17H,6,14H2,1-2H3,(H,15,18). The predicted octanol–water partition coefficient (Wildman–Crippen LogP) is 1.26. The Labute approximate surface area is 105 Å². The van der Waals surface area contributed by atoms with Crippen molar-refractivity contribution in [2.24, 2.45) is 5.73 Å². The summed E-state index contributed by atoms with van der Waals surface area (Å²) in [7, 11) is 0. The number of aryl methyl sites for hydroxylation is 1. The Morgan fingerprint density at radius 3 is 2.94 bits per heavy atom. The normalized spacial score (nSPS) is 12.6. The predicted molar refractivity (Wildman–Crippen MR) is 70.7 cm³/mol. The lowest BCUT2D eigenvalue weighted by Crippen LogP contribution is -2.37. The van der Waals surface area contributed by atoms with Crippen LogP contribution in [0.1, 0.15) is 23.0 Å². The van der Waals surface area contributed by atoms with E-state index >= 15 is 0 Å². The molecule has 0 bridgehead atoms. The zero-order valence-corrected chi connectivity index (χ0v) is 10.4. The number of aromatic nitrogens is 1. The summed E-state index contributed by atoms with van der Waals surface area (Å²) < 4.78 is 0. The van der Waals surface area contributed by atoms with Gasteiger partial charge < -0.3 is 21.1 Å². The number of nitrogens with two attached hydrogens (primary N) is 1. The Kier molecular flexibility index (Phi) is 3.25. The average molecular weight is 247 g/mol. The van der Waals surface area contributed by atoms with E-state index in [2.05, 4.69) is 10.3 Å². The van der Waals surface area contributed by atoms with E-state index < -0.39 is 0 Å². The number of benzene rings is 1. The minimum absolute atomic E-state index is 0.0841. The summed E-state index contributed by atoms with van der Waals surface area (Å²) in [6.45, 7) is 4.07. The molecule has 1 heterocycles. The number of rotatable bonds is 3. The molecule has 0 aliphatic carbocycles. The molecule has 0 fully saturated rings. The fraction of sp³-hybridized carbons (Fsp3) is 0.308. The van der Waals surface area contributed by atoms with Crippen LogP contribution >= 0.6 is 0 Å². The van der Waals surface area contributed by atoms with Crippen LogP contribution in [-0.2, 0) is 0 Å². The molecule has 5 heteroatoms. The van der Waals surface area contributed by atoms with Gasteiger partial charge in [0, 0.05) is 29.2 Å². The van der Waals surface area contributed by atoms with Crippen molar-refractivity contribution >= 4 is 16.8 Å². The van der Waals surface area contributed by atoms with Crippen LogP contribution in [0.3, 0.4) is 0 Å². The first-order valence-corrected chi connectivity index (χ1v) is 5.85. The van der Waals surface area contributed by atoms with Crippen LogP contribution < -0.4 is 11.1 Å². The summed E-state index contributed by atoms with van der Waals surface area (Å²) in [5, 5.41) is 13.0. The number of amides is 1. The van der Waals surface area contributed by atoms with Gasteiger partial charge in [-0.2, -0.15) is 0 Å². The number of aromatic hydroxyl groups is 1. The molecule has 96 valence electrons. The molecule has 2 aromatic rings. The lowest BCUT2D eigenvalue weighted by atomic mass is 10.1. The lowest BCUT2D eigenvalue weighted by Gasteiger charge is -2.11. The van der Waals surface area contributed by atoms with Crippen LogP contribution in [0.25, 0.3) is 10.9 Å². The fourth-order valence-corrected chi connectivity index (χ4v) is 1.96. The summed E-state index contributed by atoms with van der Waals surface area (Å²) >= 11 is 0. The molecule has 1 aromatic heterocycles. The highest BCUT2D eigenvalue weighted by Gasteiger charge is 2.17. The second-order valence-corrected chi connectivity index (χ2v) is 4.47. The molecule has 1 amide bonds. The Morgan fingerprint density at radius 1 is 1.56 bits per heavy atom. The van der Waals surface area contributed by atoms with Gasteiger partial charge in [0.1, 0.15) is 5.75 Å². The minimum atomic E-state index is -0.178. The second kappa shape index (κ2) is 4.70. The van der Waals surface area contributed by atoms with Gasteiger partial charge in [-0.3, -0.25) is 4.79 Å². The summed E-state index contributed by atoms with van der Waals surface area (Å²) in [5.41, 5.74) is 7.65. The monoisotopic (exact) mass is 247 g/mol. The number of hydrogen-bond acceptors (Lipinski definition) is 3. The van der Waals surface area contributed by atoms with E-state index in [0.29, 0.717) is 17.5 Å². The Balaban J connectivity index is 2.46. The van der Waals surface area contributed by atoms with Crippen LogP contribution in [0.2, 0.25) is 0 Å². The maximum Gasteiger partial charge on any atom is 0.253 e. The molecular weight excluding hydrogens is 230 g/mol. The van der Waals surface area contributed by atoms with Gasteiger partial charge in [-0.25, -0.2) is 0 Å². The number of phenols is 1. The van der Waals surface area contributed by atoms with Gasteiger partial charge in [0.05, 0.1) is 5.56 Å². The SMILES string of the molecule is Cc1[nH]c2ccc(O)cc2c1C(=O)NC(C)CN. The lowest BCUT2D eigenvalue weighted by molar-refractivity contribution is 0.0942. The third-order valence-electron chi connectivity index (χ3n) is 2.93. The molecule has 1 unspecified atom stereocenters. The highest BCUT2D eigenvalue weighted by atomic mass is 16.3. The topological polar surface area (TPSA) is 91.1 Å². The number of hydrogen-bond donors (Lipinski definition) is 4. The largest absolute Gasteiger partial charge is 0.508 e. The number of nitrogens with one attached hydrogen (secondary N) is 2. The zero-order valence-electron chi connectivity index (χ0n) is 10.4. The number of carbonyl (C=O) groups excluding carboxylic acids is 1. The van der Waals surface area contributed by atoms with Gasteiger partial charge in [-0.1, -0.05) is 0 Å². The molecule has 0 radical (unpaired) electrons. The minimum Gasteiger partial charge on any atom is -0.508 e. The van der Waals surface area contributed by atoms with Gasteiger partial charge in [-0.05, 0) is 32.0 Å². The molecule has 5 N–H and O–H groups in total. The molecule has 1 atom stereocenters. The summed E-state index contributed by atoms with van der Waals surface area (Å²) in [6.07, 6.45) is 0. The van der Waals surface area contributed by atoms with Crippen LogP contribution in [0.15, 0.2) is 18.2 Å². The number of carbonyl (C=O) groups is 1. The van der Waals surface area contributed by atoms with Gasteiger partial charge >= 0.3 is 0 Å². The molecule has 1 aromatic carbocycles. The third-order valence-corrected chi connectivity index (χ3v) is 2.93. The average Bonchev–Trinajstić information content (AvgIpc) is 2.64. The first-order valence-electron chi connectivity index (χ1n) is 5.85. The van der Waals surface area contributed by atoms with Crippen molar-refractivity contribution < 1.29 is 9.90 Å². The fourth-order valence-electron chi connectivity index (χ4n) is 1.96. The number of fused-ring (bicyclic) bond motifs is 1. The van der Waals surface area contributed by atoms with Crippen LogP contribution in [-0.4, -0.2) is 28.6 Å². The Morgan fingerprint density at radius 2 is 2.28 bits per heavy atom. The van der Waals surface area contributed by atoms with E-state index in [0.717, 1.165) is 11.2 Å². The molecule has 0 saturated carbocycles. The molecule has 18 heavy (non-hydrogen) atoms. The number of H-pyrrole nitrogens is 1. The summed E-state index contributed by atoms with van der Waals surface area (Å²) in [6, 6.07) is 4.84. The van der Waals surface area contributed by atoms with E-state index in [-0.39, 0.29) is 17.7 Å². The van der Waals surface area contributed by atoms with Crippen LogP contribution in [0.4, 0.5) is 0 Å².